The van der Waals surface area contributed by atoms with Gasteiger partial charge < -0.3 is 0 Å². The molecule has 6 aromatic rings. The summed E-state index contributed by atoms with van der Waals surface area (Å²) in [6.45, 7) is 0. The highest BCUT2D eigenvalue weighted by atomic mass is 14.2. The molecule has 0 unspecified atom stereocenters. The Morgan fingerprint density at radius 1 is 0.355 bits per heavy atom. The van der Waals surface area contributed by atoms with Gasteiger partial charge in [-0.3, -0.25) is 0 Å². The van der Waals surface area contributed by atoms with Gasteiger partial charge in [0, 0.05) is 0 Å². The van der Waals surface area contributed by atoms with Crippen molar-refractivity contribution >= 4 is 32.3 Å². The van der Waals surface area contributed by atoms with Gasteiger partial charge in [-0.05, 0) is 78.2 Å². The molecular weight excluding hydrogens is 372 g/mol. The van der Waals surface area contributed by atoms with E-state index >= 15 is 0 Å². The molecule has 1 aliphatic carbocycles. The van der Waals surface area contributed by atoms with Crippen LogP contribution in [0.5, 0.6) is 0 Å². The molecule has 0 heteroatoms. The lowest BCUT2D eigenvalue weighted by molar-refractivity contribution is 1.26. The first-order chi connectivity index (χ1) is 15.4. The Hall–Kier alpha value is -3.90. The molecule has 0 N–H and O–H groups in total. The minimum absolute atomic E-state index is 1.03. The van der Waals surface area contributed by atoms with Gasteiger partial charge in [-0.25, -0.2) is 0 Å². The third-order valence-electron chi connectivity index (χ3n) is 6.87. The molecule has 0 radical (unpaired) electrons. The van der Waals surface area contributed by atoms with E-state index in [-0.39, 0.29) is 0 Å². The van der Waals surface area contributed by atoms with E-state index in [0.29, 0.717) is 0 Å². The Morgan fingerprint density at radius 3 is 1.61 bits per heavy atom. The zero-order valence-corrected chi connectivity index (χ0v) is 17.1. The molecule has 31 heavy (non-hydrogen) atoms. The Bertz CT molecular complexity index is 1620. The zero-order chi connectivity index (χ0) is 20.4. The Kier molecular flexibility index (Phi) is 3.42. The fraction of sp³-hybridized carbons (Fsp3) is 0.0323. The van der Waals surface area contributed by atoms with E-state index in [9.17, 15) is 0 Å². The van der Waals surface area contributed by atoms with E-state index in [1.807, 2.05) is 0 Å². The number of fused-ring (bicyclic) bond motifs is 9. The summed E-state index contributed by atoms with van der Waals surface area (Å²) in [7, 11) is 0. The quantitative estimate of drug-likeness (QED) is 0.246. The van der Waals surface area contributed by atoms with E-state index in [2.05, 4.69) is 109 Å². The molecule has 0 amide bonds. The summed E-state index contributed by atoms with van der Waals surface area (Å²) in [4.78, 5) is 0. The van der Waals surface area contributed by atoms with Gasteiger partial charge in [0.25, 0.3) is 0 Å². The molecule has 0 atom stereocenters. The molecule has 0 saturated carbocycles. The summed E-state index contributed by atoms with van der Waals surface area (Å²) in [5.41, 5.74) is 8.22. The smallest absolute Gasteiger partial charge is 0.00132 e. The van der Waals surface area contributed by atoms with Crippen LogP contribution in [0.25, 0.3) is 54.6 Å². The molecule has 0 nitrogen and oxygen atoms in total. The molecule has 6 aromatic carbocycles. The second-order valence-corrected chi connectivity index (χ2v) is 8.56. The largest absolute Gasteiger partial charge is 0.0619 e. The fourth-order valence-corrected chi connectivity index (χ4v) is 5.41. The SMILES string of the molecule is c1ccc2c(c1)Cc1cc(-c3ccc4c5ccccc5c5ccccc5c4c3)ccc1-2. The number of benzene rings is 6. The highest BCUT2D eigenvalue weighted by molar-refractivity contribution is 6.25. The Balaban J connectivity index is 1.47. The van der Waals surface area contributed by atoms with Gasteiger partial charge >= 0.3 is 0 Å². The lowest BCUT2D eigenvalue weighted by atomic mass is 9.91. The molecule has 0 aromatic heterocycles. The van der Waals surface area contributed by atoms with E-state index in [1.165, 1.54) is 65.7 Å². The van der Waals surface area contributed by atoms with Gasteiger partial charge in [0.1, 0.15) is 0 Å². The second-order valence-electron chi connectivity index (χ2n) is 8.56. The average Bonchev–Trinajstić information content (AvgIpc) is 3.22. The van der Waals surface area contributed by atoms with Crippen molar-refractivity contribution in [1.82, 2.24) is 0 Å². The predicted octanol–water partition coefficient (Wildman–Crippen LogP) is 8.38. The van der Waals surface area contributed by atoms with Crippen LogP contribution in [0.4, 0.5) is 0 Å². The average molecular weight is 393 g/mol. The van der Waals surface area contributed by atoms with Crippen molar-refractivity contribution in [3.05, 3.63) is 120 Å². The van der Waals surface area contributed by atoms with Gasteiger partial charge in [0.05, 0.1) is 0 Å². The Morgan fingerprint density at radius 2 is 0.871 bits per heavy atom. The predicted molar refractivity (Wildman–Crippen MR) is 133 cm³/mol. The van der Waals surface area contributed by atoms with Crippen LogP contribution in [0.15, 0.2) is 109 Å². The molecule has 0 fully saturated rings. The molecule has 0 spiro atoms. The zero-order valence-electron chi connectivity index (χ0n) is 17.1. The van der Waals surface area contributed by atoms with Crippen LogP contribution < -0.4 is 0 Å². The van der Waals surface area contributed by atoms with Gasteiger partial charge in [-0.15, -0.1) is 0 Å². The van der Waals surface area contributed by atoms with Crippen molar-refractivity contribution in [1.29, 1.82) is 0 Å². The van der Waals surface area contributed by atoms with Crippen molar-refractivity contribution in [2.45, 2.75) is 6.42 Å². The molecule has 0 bridgehead atoms. The highest BCUT2D eigenvalue weighted by Crippen LogP contribution is 2.40. The van der Waals surface area contributed by atoms with Crippen LogP contribution in [0, 0.1) is 0 Å². The topological polar surface area (TPSA) is 0 Å². The van der Waals surface area contributed by atoms with Crippen molar-refractivity contribution in [3.8, 4) is 22.3 Å². The second kappa shape index (κ2) is 6.30. The van der Waals surface area contributed by atoms with Gasteiger partial charge in [-0.2, -0.15) is 0 Å². The standard InChI is InChI=1S/C31H20/c1-2-8-24-22(7-1)18-23-17-20(13-15-25(23)24)21-14-16-30-28-11-4-3-9-26(28)27-10-5-6-12-29(27)31(30)19-21/h1-17,19H,18H2. The van der Waals surface area contributed by atoms with Crippen molar-refractivity contribution < 1.29 is 0 Å². The van der Waals surface area contributed by atoms with E-state index < -0.39 is 0 Å². The van der Waals surface area contributed by atoms with Crippen molar-refractivity contribution in [2.75, 3.05) is 0 Å². The van der Waals surface area contributed by atoms with Gasteiger partial charge in [0.15, 0.2) is 0 Å². The minimum Gasteiger partial charge on any atom is -0.0619 e. The maximum Gasteiger partial charge on any atom is -0.00132 e. The monoisotopic (exact) mass is 392 g/mol. The number of hydrogen-bond donors (Lipinski definition) is 0. The van der Waals surface area contributed by atoms with E-state index in [0.717, 1.165) is 6.42 Å². The summed E-state index contributed by atoms with van der Waals surface area (Å²) in [6.07, 6.45) is 1.03. The van der Waals surface area contributed by atoms with Crippen LogP contribution in [-0.2, 0) is 6.42 Å². The number of hydrogen-bond acceptors (Lipinski definition) is 0. The van der Waals surface area contributed by atoms with Crippen LogP contribution >= 0.6 is 0 Å². The first kappa shape index (κ1) is 16.8. The molecule has 1 aliphatic rings. The van der Waals surface area contributed by atoms with Crippen LogP contribution in [-0.4, -0.2) is 0 Å². The normalized spacial score (nSPS) is 12.4. The Labute approximate surface area is 181 Å². The third kappa shape index (κ3) is 2.42. The lowest BCUT2D eigenvalue weighted by Crippen LogP contribution is -1.86. The van der Waals surface area contributed by atoms with Gasteiger partial charge in [0.2, 0.25) is 0 Å². The molecule has 0 aliphatic heterocycles. The summed E-state index contributed by atoms with van der Waals surface area (Å²) in [5.74, 6) is 0. The van der Waals surface area contributed by atoms with Gasteiger partial charge in [-0.1, -0.05) is 103 Å². The summed E-state index contributed by atoms with van der Waals surface area (Å²) in [6, 6.07) is 40.3. The van der Waals surface area contributed by atoms with E-state index in [4.69, 9.17) is 0 Å². The third-order valence-corrected chi connectivity index (χ3v) is 6.87. The van der Waals surface area contributed by atoms with Crippen molar-refractivity contribution in [2.24, 2.45) is 0 Å². The maximum atomic E-state index is 2.39. The van der Waals surface area contributed by atoms with Crippen LogP contribution in [0.1, 0.15) is 11.1 Å². The first-order valence-electron chi connectivity index (χ1n) is 10.9. The fourth-order valence-electron chi connectivity index (χ4n) is 5.41. The van der Waals surface area contributed by atoms with Crippen molar-refractivity contribution in [3.63, 3.8) is 0 Å². The molecule has 144 valence electrons. The molecule has 0 saturated heterocycles. The maximum absolute atomic E-state index is 2.39. The summed E-state index contributed by atoms with van der Waals surface area (Å²) >= 11 is 0. The highest BCUT2D eigenvalue weighted by Gasteiger charge is 2.18. The number of rotatable bonds is 1. The van der Waals surface area contributed by atoms with Crippen LogP contribution in [0.3, 0.4) is 0 Å². The van der Waals surface area contributed by atoms with E-state index in [1.54, 1.807) is 0 Å². The summed E-state index contributed by atoms with van der Waals surface area (Å²) in [5, 5.41) is 7.96. The summed E-state index contributed by atoms with van der Waals surface area (Å²) < 4.78 is 0. The lowest BCUT2D eigenvalue weighted by Gasteiger charge is -2.12. The molecular formula is C31H20. The molecule has 0 heterocycles. The minimum atomic E-state index is 1.03. The first-order valence-corrected chi connectivity index (χ1v) is 10.9. The molecule has 7 rings (SSSR count). The van der Waals surface area contributed by atoms with Crippen LogP contribution in [0.2, 0.25) is 0 Å².